The topological polar surface area (TPSA) is 75.5 Å². The maximum atomic E-state index is 12.2. The standard InChI is InChI=1S/C22H25N3O3/c1-15-10-12-24(13-11-15)20-9-8-17(14-21(20)25(27)28)16(2)18-6-4-5-7-19(18)22(26)23-3/h4-9,14-15H,2,10-13H2,1,3H3,(H,23,26). The third-order valence-electron chi connectivity index (χ3n) is 5.37. The van der Waals surface area contributed by atoms with Crippen LogP contribution in [0.2, 0.25) is 0 Å². The molecule has 1 fully saturated rings. The quantitative estimate of drug-likeness (QED) is 0.622. The molecule has 1 N–H and O–H groups in total. The van der Waals surface area contributed by atoms with Crippen molar-refractivity contribution >= 4 is 22.9 Å². The number of rotatable bonds is 5. The molecule has 6 nitrogen and oxygen atoms in total. The molecule has 0 atom stereocenters. The van der Waals surface area contributed by atoms with E-state index in [0.29, 0.717) is 33.9 Å². The van der Waals surface area contributed by atoms with Gasteiger partial charge in [0.1, 0.15) is 5.69 Å². The molecule has 0 aliphatic carbocycles. The number of carbonyl (C=O) groups excluding carboxylic acids is 1. The van der Waals surface area contributed by atoms with Crippen LogP contribution in [0.25, 0.3) is 5.57 Å². The number of nitrogens with zero attached hydrogens (tertiary/aromatic N) is 2. The number of carbonyl (C=O) groups is 1. The van der Waals surface area contributed by atoms with Crippen molar-refractivity contribution in [1.29, 1.82) is 0 Å². The lowest BCUT2D eigenvalue weighted by atomic mass is 9.93. The van der Waals surface area contributed by atoms with E-state index >= 15 is 0 Å². The summed E-state index contributed by atoms with van der Waals surface area (Å²) in [4.78, 5) is 25.7. The first-order valence-corrected chi connectivity index (χ1v) is 9.46. The van der Waals surface area contributed by atoms with Gasteiger partial charge in [-0.05, 0) is 47.6 Å². The Morgan fingerprint density at radius 3 is 2.43 bits per heavy atom. The Balaban J connectivity index is 1.98. The van der Waals surface area contributed by atoms with E-state index in [-0.39, 0.29) is 16.5 Å². The van der Waals surface area contributed by atoms with Crippen LogP contribution in [-0.2, 0) is 0 Å². The molecular formula is C22H25N3O3. The summed E-state index contributed by atoms with van der Waals surface area (Å²) in [5, 5.41) is 14.4. The van der Waals surface area contributed by atoms with Crippen molar-refractivity contribution in [2.75, 3.05) is 25.0 Å². The van der Waals surface area contributed by atoms with Crippen LogP contribution in [0.1, 0.15) is 41.3 Å². The van der Waals surface area contributed by atoms with Gasteiger partial charge in [0.25, 0.3) is 11.6 Å². The molecule has 0 unspecified atom stereocenters. The Labute approximate surface area is 165 Å². The van der Waals surface area contributed by atoms with Crippen molar-refractivity contribution in [3.63, 3.8) is 0 Å². The molecule has 0 bridgehead atoms. The summed E-state index contributed by atoms with van der Waals surface area (Å²) >= 11 is 0. The van der Waals surface area contributed by atoms with Crippen LogP contribution in [0.4, 0.5) is 11.4 Å². The smallest absolute Gasteiger partial charge is 0.293 e. The second-order valence-electron chi connectivity index (χ2n) is 7.23. The molecule has 0 spiro atoms. The molecule has 1 aliphatic heterocycles. The van der Waals surface area contributed by atoms with Gasteiger partial charge in [0, 0.05) is 31.8 Å². The monoisotopic (exact) mass is 379 g/mol. The van der Waals surface area contributed by atoms with Gasteiger partial charge < -0.3 is 10.2 Å². The maximum absolute atomic E-state index is 12.2. The molecule has 2 aromatic rings. The largest absolute Gasteiger partial charge is 0.366 e. The number of amides is 1. The fraction of sp³-hybridized carbons (Fsp3) is 0.318. The van der Waals surface area contributed by atoms with Crippen LogP contribution in [0.3, 0.4) is 0 Å². The molecule has 2 aromatic carbocycles. The molecule has 6 heteroatoms. The van der Waals surface area contributed by atoms with Crippen molar-refractivity contribution < 1.29 is 9.72 Å². The van der Waals surface area contributed by atoms with Gasteiger partial charge in [0.15, 0.2) is 0 Å². The summed E-state index contributed by atoms with van der Waals surface area (Å²) in [6, 6.07) is 12.3. The third-order valence-corrected chi connectivity index (χ3v) is 5.37. The molecule has 1 heterocycles. The molecule has 0 saturated carbocycles. The number of piperidine rings is 1. The average Bonchev–Trinajstić information content (AvgIpc) is 2.72. The molecule has 3 rings (SSSR count). The summed E-state index contributed by atoms with van der Waals surface area (Å²) in [5.41, 5.74) is 3.10. The molecule has 0 aromatic heterocycles. The Morgan fingerprint density at radius 1 is 1.18 bits per heavy atom. The number of hydrogen-bond donors (Lipinski definition) is 1. The van der Waals surface area contributed by atoms with Gasteiger partial charge >= 0.3 is 0 Å². The lowest BCUT2D eigenvalue weighted by Crippen LogP contribution is -2.33. The van der Waals surface area contributed by atoms with Gasteiger partial charge in [-0.15, -0.1) is 0 Å². The fourth-order valence-electron chi connectivity index (χ4n) is 3.61. The van der Waals surface area contributed by atoms with Gasteiger partial charge in [0.2, 0.25) is 0 Å². The molecule has 146 valence electrons. The molecule has 0 radical (unpaired) electrons. The fourth-order valence-corrected chi connectivity index (χ4v) is 3.61. The van der Waals surface area contributed by atoms with Gasteiger partial charge in [-0.25, -0.2) is 0 Å². The molecule has 1 saturated heterocycles. The summed E-state index contributed by atoms with van der Waals surface area (Å²) < 4.78 is 0. The third kappa shape index (κ3) is 3.91. The first-order chi connectivity index (χ1) is 13.4. The van der Waals surface area contributed by atoms with Crippen molar-refractivity contribution in [3.05, 3.63) is 75.8 Å². The maximum Gasteiger partial charge on any atom is 0.293 e. The first kappa shape index (κ1) is 19.6. The predicted molar refractivity (Wildman–Crippen MR) is 112 cm³/mol. The second-order valence-corrected chi connectivity index (χ2v) is 7.23. The van der Waals surface area contributed by atoms with Crippen LogP contribution >= 0.6 is 0 Å². The van der Waals surface area contributed by atoms with E-state index in [1.54, 1.807) is 37.4 Å². The Hall–Kier alpha value is -3.15. The van der Waals surface area contributed by atoms with Gasteiger partial charge in [0.05, 0.1) is 4.92 Å². The van der Waals surface area contributed by atoms with Crippen LogP contribution in [-0.4, -0.2) is 31.0 Å². The average molecular weight is 379 g/mol. The first-order valence-electron chi connectivity index (χ1n) is 9.46. The number of nitro benzene ring substituents is 1. The van der Waals surface area contributed by atoms with Crippen LogP contribution in [0.5, 0.6) is 0 Å². The van der Waals surface area contributed by atoms with Gasteiger partial charge in [-0.2, -0.15) is 0 Å². The zero-order valence-corrected chi connectivity index (χ0v) is 16.3. The minimum absolute atomic E-state index is 0.0747. The SMILES string of the molecule is C=C(c1ccc(N2CCC(C)CC2)c([N+](=O)[O-])c1)c1ccccc1C(=O)NC. The van der Waals surface area contributed by atoms with Crippen molar-refractivity contribution in [3.8, 4) is 0 Å². The number of anilines is 1. The Kier molecular flexibility index (Phi) is 5.78. The van der Waals surface area contributed by atoms with E-state index in [9.17, 15) is 14.9 Å². The van der Waals surface area contributed by atoms with Gasteiger partial charge in [-0.1, -0.05) is 37.8 Å². The molecule has 1 aliphatic rings. The minimum Gasteiger partial charge on any atom is -0.366 e. The number of hydrogen-bond acceptors (Lipinski definition) is 4. The van der Waals surface area contributed by atoms with E-state index in [4.69, 9.17) is 0 Å². The summed E-state index contributed by atoms with van der Waals surface area (Å²) in [7, 11) is 1.57. The number of benzene rings is 2. The van der Waals surface area contributed by atoms with Crippen LogP contribution in [0, 0.1) is 16.0 Å². The number of nitrogens with one attached hydrogen (secondary N) is 1. The zero-order valence-electron chi connectivity index (χ0n) is 16.3. The summed E-state index contributed by atoms with van der Waals surface area (Å²) in [6.07, 6.45) is 2.07. The van der Waals surface area contributed by atoms with Crippen molar-refractivity contribution in [2.45, 2.75) is 19.8 Å². The highest BCUT2D eigenvalue weighted by Crippen LogP contribution is 2.35. The highest BCUT2D eigenvalue weighted by atomic mass is 16.6. The Bertz CT molecular complexity index is 915. The molecule has 28 heavy (non-hydrogen) atoms. The Morgan fingerprint density at radius 2 is 1.82 bits per heavy atom. The minimum atomic E-state index is -0.338. The lowest BCUT2D eigenvalue weighted by molar-refractivity contribution is -0.384. The van der Waals surface area contributed by atoms with Crippen LogP contribution < -0.4 is 10.2 Å². The van der Waals surface area contributed by atoms with Gasteiger partial charge in [-0.3, -0.25) is 14.9 Å². The van der Waals surface area contributed by atoms with E-state index in [0.717, 1.165) is 25.9 Å². The zero-order chi connectivity index (χ0) is 20.3. The normalized spacial score (nSPS) is 14.6. The lowest BCUT2D eigenvalue weighted by Gasteiger charge is -2.31. The summed E-state index contributed by atoms with van der Waals surface area (Å²) in [5.74, 6) is 0.431. The highest BCUT2D eigenvalue weighted by Gasteiger charge is 2.24. The molecule has 1 amide bonds. The highest BCUT2D eigenvalue weighted by molar-refractivity contribution is 6.00. The summed E-state index contributed by atoms with van der Waals surface area (Å²) in [6.45, 7) is 7.96. The van der Waals surface area contributed by atoms with E-state index < -0.39 is 0 Å². The van der Waals surface area contributed by atoms with E-state index in [1.165, 1.54) is 0 Å². The predicted octanol–water partition coefficient (Wildman–Crippen LogP) is 4.25. The van der Waals surface area contributed by atoms with Crippen LogP contribution in [0.15, 0.2) is 49.0 Å². The molecular weight excluding hydrogens is 354 g/mol. The second kappa shape index (κ2) is 8.25. The van der Waals surface area contributed by atoms with Crippen molar-refractivity contribution in [1.82, 2.24) is 5.32 Å². The van der Waals surface area contributed by atoms with Crippen molar-refractivity contribution in [2.24, 2.45) is 5.92 Å². The number of nitro groups is 1. The van der Waals surface area contributed by atoms with E-state index in [2.05, 4.69) is 23.7 Å². The van der Waals surface area contributed by atoms with E-state index in [1.807, 2.05) is 12.1 Å².